The standard InChI is InChI=1S/C17H23FN2O4/c1-16(2,3)24-15(21)20-11-7-17(22,8-12(20)10-23-9-11)13-5-4-6-14(18)19-13/h4-6,11-12,22H,7-10H2,1-3H3. The number of carbonyl (C=O) groups is 1. The second-order valence-corrected chi connectivity index (χ2v) is 7.52. The van der Waals surface area contributed by atoms with Crippen molar-refractivity contribution in [2.45, 2.75) is 56.9 Å². The van der Waals surface area contributed by atoms with Gasteiger partial charge in [0.2, 0.25) is 5.95 Å². The number of ether oxygens (including phenoxy) is 2. The Morgan fingerprint density at radius 1 is 1.38 bits per heavy atom. The molecule has 2 bridgehead atoms. The predicted octanol–water partition coefficient (Wildman–Crippen LogP) is 2.21. The van der Waals surface area contributed by atoms with Crippen molar-refractivity contribution in [1.29, 1.82) is 0 Å². The van der Waals surface area contributed by atoms with Gasteiger partial charge in [0, 0.05) is 12.8 Å². The van der Waals surface area contributed by atoms with E-state index in [2.05, 4.69) is 4.98 Å². The number of piperidine rings is 1. The molecule has 132 valence electrons. The number of hydrogen-bond donors (Lipinski definition) is 1. The smallest absolute Gasteiger partial charge is 0.410 e. The first-order chi connectivity index (χ1) is 11.2. The normalized spacial score (nSPS) is 30.1. The summed E-state index contributed by atoms with van der Waals surface area (Å²) in [5, 5.41) is 11.0. The number of nitrogens with zero attached hydrogens (tertiary/aromatic N) is 2. The van der Waals surface area contributed by atoms with Crippen LogP contribution in [0.3, 0.4) is 0 Å². The van der Waals surface area contributed by atoms with Crippen LogP contribution in [0.5, 0.6) is 0 Å². The molecule has 2 atom stereocenters. The number of morpholine rings is 1. The molecule has 1 N–H and O–H groups in total. The average molecular weight is 338 g/mol. The van der Waals surface area contributed by atoms with Crippen LogP contribution in [0.25, 0.3) is 0 Å². The summed E-state index contributed by atoms with van der Waals surface area (Å²) in [6, 6.07) is 3.72. The third kappa shape index (κ3) is 3.37. The number of rotatable bonds is 1. The summed E-state index contributed by atoms with van der Waals surface area (Å²) in [7, 11) is 0. The Kier molecular flexibility index (Phi) is 4.25. The fourth-order valence-corrected chi connectivity index (χ4v) is 3.47. The lowest BCUT2D eigenvalue weighted by molar-refractivity contribution is -0.142. The molecule has 0 radical (unpaired) electrons. The number of fused-ring (bicyclic) bond motifs is 2. The molecule has 6 nitrogen and oxygen atoms in total. The van der Waals surface area contributed by atoms with E-state index in [1.807, 2.05) is 20.8 Å². The van der Waals surface area contributed by atoms with Gasteiger partial charge in [-0.05, 0) is 32.9 Å². The van der Waals surface area contributed by atoms with Crippen LogP contribution in [0.2, 0.25) is 0 Å². The van der Waals surface area contributed by atoms with Gasteiger partial charge in [0.25, 0.3) is 0 Å². The van der Waals surface area contributed by atoms with Crippen LogP contribution in [-0.2, 0) is 15.1 Å². The van der Waals surface area contributed by atoms with Crippen molar-refractivity contribution >= 4 is 6.09 Å². The highest BCUT2D eigenvalue weighted by Crippen LogP contribution is 2.40. The van der Waals surface area contributed by atoms with Gasteiger partial charge >= 0.3 is 6.09 Å². The molecule has 0 aliphatic carbocycles. The van der Waals surface area contributed by atoms with Crippen molar-refractivity contribution in [2.75, 3.05) is 13.2 Å². The van der Waals surface area contributed by atoms with E-state index in [0.29, 0.717) is 18.9 Å². The minimum absolute atomic E-state index is 0.235. The highest BCUT2D eigenvalue weighted by molar-refractivity contribution is 5.69. The minimum Gasteiger partial charge on any atom is -0.444 e. The monoisotopic (exact) mass is 338 g/mol. The minimum atomic E-state index is -1.28. The van der Waals surface area contributed by atoms with Crippen molar-refractivity contribution in [3.05, 3.63) is 29.8 Å². The number of amides is 1. The van der Waals surface area contributed by atoms with E-state index in [1.54, 1.807) is 11.0 Å². The molecule has 1 aromatic heterocycles. The van der Waals surface area contributed by atoms with Crippen molar-refractivity contribution in [1.82, 2.24) is 9.88 Å². The summed E-state index contributed by atoms with van der Waals surface area (Å²) in [5.74, 6) is -0.628. The summed E-state index contributed by atoms with van der Waals surface area (Å²) >= 11 is 0. The lowest BCUT2D eigenvalue weighted by atomic mass is 9.79. The number of carbonyl (C=O) groups excluding carboxylic acids is 1. The number of hydrogen-bond acceptors (Lipinski definition) is 5. The molecular formula is C17H23FN2O4. The van der Waals surface area contributed by atoms with Gasteiger partial charge < -0.3 is 14.6 Å². The Morgan fingerprint density at radius 3 is 2.54 bits per heavy atom. The molecule has 3 heterocycles. The molecule has 1 aromatic rings. The van der Waals surface area contributed by atoms with E-state index in [0.717, 1.165) is 0 Å². The van der Waals surface area contributed by atoms with Crippen LogP contribution in [0.1, 0.15) is 39.3 Å². The molecule has 0 saturated carbocycles. The fourth-order valence-electron chi connectivity index (χ4n) is 3.47. The highest BCUT2D eigenvalue weighted by Gasteiger charge is 2.50. The average Bonchev–Trinajstić information content (AvgIpc) is 2.44. The molecular weight excluding hydrogens is 315 g/mol. The van der Waals surface area contributed by atoms with E-state index in [4.69, 9.17) is 9.47 Å². The summed E-state index contributed by atoms with van der Waals surface area (Å²) in [6.45, 7) is 6.07. The Balaban J connectivity index is 1.84. The second kappa shape index (κ2) is 5.97. The fraction of sp³-hybridized carbons (Fsp3) is 0.647. The Hall–Kier alpha value is -1.73. The maximum atomic E-state index is 13.4. The van der Waals surface area contributed by atoms with E-state index in [9.17, 15) is 14.3 Å². The molecule has 2 saturated heterocycles. The van der Waals surface area contributed by atoms with Gasteiger partial charge in [-0.2, -0.15) is 4.39 Å². The van der Waals surface area contributed by atoms with Crippen molar-refractivity contribution in [2.24, 2.45) is 0 Å². The van der Waals surface area contributed by atoms with Crippen LogP contribution in [0, 0.1) is 5.95 Å². The summed E-state index contributed by atoms with van der Waals surface area (Å²) in [5.41, 5.74) is -1.58. The molecule has 3 rings (SSSR count). The summed E-state index contributed by atoms with van der Waals surface area (Å²) in [6.07, 6.45) is 0.0633. The van der Waals surface area contributed by atoms with Gasteiger partial charge in [-0.1, -0.05) is 6.07 Å². The largest absolute Gasteiger partial charge is 0.444 e. The third-order valence-corrected chi connectivity index (χ3v) is 4.35. The topological polar surface area (TPSA) is 71.9 Å². The van der Waals surface area contributed by atoms with Gasteiger partial charge in [-0.15, -0.1) is 0 Å². The molecule has 2 unspecified atom stereocenters. The quantitative estimate of drug-likeness (QED) is 0.795. The lowest BCUT2D eigenvalue weighted by Crippen LogP contribution is -2.63. The predicted molar refractivity (Wildman–Crippen MR) is 83.8 cm³/mol. The first-order valence-electron chi connectivity index (χ1n) is 8.12. The third-order valence-electron chi connectivity index (χ3n) is 4.35. The Labute approximate surface area is 140 Å². The molecule has 1 amide bonds. The number of aromatic nitrogens is 1. The van der Waals surface area contributed by atoms with Crippen LogP contribution < -0.4 is 0 Å². The van der Waals surface area contributed by atoms with Gasteiger partial charge in [-0.25, -0.2) is 9.78 Å². The van der Waals surface area contributed by atoms with Crippen molar-refractivity contribution in [3.8, 4) is 0 Å². The first-order valence-corrected chi connectivity index (χ1v) is 8.12. The number of aliphatic hydroxyl groups is 1. The van der Waals surface area contributed by atoms with E-state index < -0.39 is 23.2 Å². The van der Waals surface area contributed by atoms with Gasteiger partial charge in [-0.3, -0.25) is 4.90 Å². The molecule has 2 fully saturated rings. The molecule has 0 spiro atoms. The van der Waals surface area contributed by atoms with Gasteiger partial charge in [0.1, 0.15) is 11.2 Å². The van der Waals surface area contributed by atoms with Gasteiger partial charge in [0.15, 0.2) is 0 Å². The van der Waals surface area contributed by atoms with Gasteiger partial charge in [0.05, 0.1) is 31.0 Å². The van der Waals surface area contributed by atoms with E-state index >= 15 is 0 Å². The van der Waals surface area contributed by atoms with Crippen LogP contribution in [0.4, 0.5) is 9.18 Å². The maximum absolute atomic E-state index is 13.4. The van der Waals surface area contributed by atoms with E-state index in [1.165, 1.54) is 12.1 Å². The SMILES string of the molecule is CC(C)(C)OC(=O)N1C2COCC1CC(O)(c1cccc(F)n1)C2. The first kappa shape index (κ1) is 17.1. The zero-order chi connectivity index (χ0) is 17.5. The number of halogens is 1. The Morgan fingerprint density at radius 2 is 2.00 bits per heavy atom. The van der Waals surface area contributed by atoms with Crippen LogP contribution in [0.15, 0.2) is 18.2 Å². The molecule has 0 aromatic carbocycles. The van der Waals surface area contributed by atoms with Crippen molar-refractivity contribution < 1.29 is 23.8 Å². The second-order valence-electron chi connectivity index (χ2n) is 7.52. The van der Waals surface area contributed by atoms with Crippen molar-refractivity contribution in [3.63, 3.8) is 0 Å². The maximum Gasteiger partial charge on any atom is 0.410 e. The Bertz CT molecular complexity index is 617. The number of pyridine rings is 1. The molecule has 7 heteroatoms. The summed E-state index contributed by atoms with van der Waals surface area (Å²) < 4.78 is 24.5. The lowest BCUT2D eigenvalue weighted by Gasteiger charge is -2.51. The molecule has 2 aliphatic heterocycles. The van der Waals surface area contributed by atoms with Crippen LogP contribution >= 0.6 is 0 Å². The van der Waals surface area contributed by atoms with E-state index in [-0.39, 0.29) is 24.9 Å². The highest BCUT2D eigenvalue weighted by atomic mass is 19.1. The molecule has 24 heavy (non-hydrogen) atoms. The zero-order valence-electron chi connectivity index (χ0n) is 14.2. The molecule has 2 aliphatic rings. The summed E-state index contributed by atoms with van der Waals surface area (Å²) in [4.78, 5) is 18.0. The van der Waals surface area contributed by atoms with Crippen LogP contribution in [-0.4, -0.2) is 52.0 Å². The zero-order valence-corrected chi connectivity index (χ0v) is 14.2.